The van der Waals surface area contributed by atoms with Crippen LogP contribution in [0.25, 0.3) is 0 Å². The van der Waals surface area contributed by atoms with Gasteiger partial charge in [0.1, 0.15) is 13.6 Å². The third kappa shape index (κ3) is 1.69. The monoisotopic (exact) mass is 166 g/mol. The van der Waals surface area contributed by atoms with Gasteiger partial charge in [-0.15, -0.1) is 0 Å². The molecule has 3 heteroatoms. The molecule has 0 saturated carbocycles. The average molecular weight is 166 g/mol. The van der Waals surface area contributed by atoms with Crippen LogP contribution in [0.1, 0.15) is 5.56 Å². The molecular formula is C8H8BClO. The van der Waals surface area contributed by atoms with E-state index in [0.717, 1.165) is 11.3 Å². The molecule has 0 aliphatic rings. The molecule has 0 aromatic heterocycles. The molecule has 1 rings (SSSR count). The molecule has 1 nitrogen and oxygen atoms in total. The van der Waals surface area contributed by atoms with E-state index in [1.54, 1.807) is 19.2 Å². The highest BCUT2D eigenvalue weighted by Crippen LogP contribution is 2.19. The molecule has 0 amide bonds. The first-order valence-corrected chi connectivity index (χ1v) is 3.62. The highest BCUT2D eigenvalue weighted by molar-refractivity contribution is 6.45. The fourth-order valence-electron chi connectivity index (χ4n) is 0.906. The summed E-state index contributed by atoms with van der Waals surface area (Å²) in [5.41, 5.74) is 1.58. The Hall–Kier alpha value is -0.625. The first kappa shape index (κ1) is 8.47. The Kier molecular flexibility index (Phi) is 2.45. The van der Waals surface area contributed by atoms with Crippen LogP contribution < -0.4 is 10.2 Å². The van der Waals surface area contributed by atoms with Crippen LogP contribution >= 0.6 is 11.6 Å². The van der Waals surface area contributed by atoms with E-state index >= 15 is 0 Å². The molecule has 1 aromatic rings. The van der Waals surface area contributed by atoms with Gasteiger partial charge in [0.2, 0.25) is 0 Å². The summed E-state index contributed by atoms with van der Waals surface area (Å²) < 4.78 is 5.04. The van der Waals surface area contributed by atoms with Crippen LogP contribution in [0.4, 0.5) is 0 Å². The van der Waals surface area contributed by atoms with E-state index in [1.807, 2.05) is 6.92 Å². The average Bonchev–Trinajstić information content (AvgIpc) is 1.97. The third-order valence-corrected chi connectivity index (χ3v) is 1.84. The van der Waals surface area contributed by atoms with Crippen LogP contribution in [0.15, 0.2) is 12.1 Å². The Morgan fingerprint density at radius 2 is 2.09 bits per heavy atom. The van der Waals surface area contributed by atoms with Gasteiger partial charge >= 0.3 is 0 Å². The lowest BCUT2D eigenvalue weighted by Gasteiger charge is -2.06. The molecule has 0 atom stereocenters. The van der Waals surface area contributed by atoms with Crippen molar-refractivity contribution in [3.63, 3.8) is 0 Å². The summed E-state index contributed by atoms with van der Waals surface area (Å²) in [6, 6.07) is 3.51. The number of halogens is 1. The Balaban J connectivity index is 3.21. The van der Waals surface area contributed by atoms with E-state index in [0.29, 0.717) is 10.5 Å². The summed E-state index contributed by atoms with van der Waals surface area (Å²) >= 11 is 5.76. The molecule has 2 radical (unpaired) electrons. The van der Waals surface area contributed by atoms with Gasteiger partial charge in [0.15, 0.2) is 0 Å². The zero-order valence-corrected chi connectivity index (χ0v) is 7.27. The molecule has 0 heterocycles. The van der Waals surface area contributed by atoms with Crippen molar-refractivity contribution >= 4 is 24.9 Å². The van der Waals surface area contributed by atoms with Crippen LogP contribution in [0.2, 0.25) is 5.02 Å². The zero-order valence-electron chi connectivity index (χ0n) is 6.52. The molecule has 0 N–H and O–H groups in total. The molecule has 0 fully saturated rings. The molecule has 0 unspecified atom stereocenters. The summed E-state index contributed by atoms with van der Waals surface area (Å²) in [7, 11) is 7.16. The van der Waals surface area contributed by atoms with Crippen molar-refractivity contribution in [3.8, 4) is 5.75 Å². The van der Waals surface area contributed by atoms with Crippen LogP contribution in [-0.4, -0.2) is 15.0 Å². The lowest BCUT2D eigenvalue weighted by atomic mass is 9.94. The lowest BCUT2D eigenvalue weighted by molar-refractivity contribution is 0.412. The van der Waals surface area contributed by atoms with Gasteiger partial charge in [-0.25, -0.2) is 0 Å². The summed E-state index contributed by atoms with van der Waals surface area (Å²) in [6.45, 7) is 1.92. The van der Waals surface area contributed by atoms with Crippen molar-refractivity contribution in [3.05, 3.63) is 22.7 Å². The Labute approximate surface area is 72.7 Å². The molecule has 0 aliphatic carbocycles. The second-order valence-corrected chi connectivity index (χ2v) is 2.75. The van der Waals surface area contributed by atoms with E-state index < -0.39 is 0 Å². The molecule has 1 aromatic carbocycles. The molecule has 56 valence electrons. The number of aryl methyl sites for hydroxylation is 1. The van der Waals surface area contributed by atoms with Crippen LogP contribution in [-0.2, 0) is 0 Å². The largest absolute Gasteiger partial charge is 0.496 e. The van der Waals surface area contributed by atoms with Crippen molar-refractivity contribution in [2.75, 3.05) is 7.11 Å². The number of hydrogen-bond donors (Lipinski definition) is 0. The molecule has 11 heavy (non-hydrogen) atoms. The Bertz CT molecular complexity index is 273. The minimum atomic E-state index is 0.535. The SMILES string of the molecule is [B]c1cc(C)c(OC)cc1Cl. The van der Waals surface area contributed by atoms with Gasteiger partial charge in [0.05, 0.1) is 7.11 Å². The number of methoxy groups -OCH3 is 1. The fourth-order valence-corrected chi connectivity index (χ4v) is 1.06. The van der Waals surface area contributed by atoms with Crippen molar-refractivity contribution in [2.45, 2.75) is 6.92 Å². The smallest absolute Gasteiger partial charge is 0.123 e. The lowest BCUT2D eigenvalue weighted by Crippen LogP contribution is -2.05. The van der Waals surface area contributed by atoms with Gasteiger partial charge < -0.3 is 4.74 Å². The summed E-state index contributed by atoms with van der Waals surface area (Å²) in [4.78, 5) is 0. The van der Waals surface area contributed by atoms with Gasteiger partial charge in [0.25, 0.3) is 0 Å². The second-order valence-electron chi connectivity index (χ2n) is 2.34. The summed E-state index contributed by atoms with van der Waals surface area (Å²) in [5, 5.41) is 0.535. The van der Waals surface area contributed by atoms with Gasteiger partial charge in [-0.1, -0.05) is 23.1 Å². The van der Waals surface area contributed by atoms with Crippen LogP contribution in [0, 0.1) is 6.92 Å². The predicted octanol–water partition coefficient (Wildman–Crippen LogP) is 1.45. The Morgan fingerprint density at radius 3 is 2.64 bits per heavy atom. The highest BCUT2D eigenvalue weighted by atomic mass is 35.5. The van der Waals surface area contributed by atoms with Gasteiger partial charge in [-0.05, 0) is 18.6 Å². The van der Waals surface area contributed by atoms with E-state index in [4.69, 9.17) is 24.2 Å². The normalized spacial score (nSPS) is 9.73. The predicted molar refractivity (Wildman–Crippen MR) is 48.1 cm³/mol. The van der Waals surface area contributed by atoms with Gasteiger partial charge in [-0.2, -0.15) is 0 Å². The van der Waals surface area contributed by atoms with Crippen molar-refractivity contribution in [1.29, 1.82) is 0 Å². The molecule has 0 saturated heterocycles. The van der Waals surface area contributed by atoms with E-state index in [2.05, 4.69) is 0 Å². The standard InChI is InChI=1S/C8H8BClO/c1-5-3-6(9)7(10)4-8(5)11-2/h3-4H,1-2H3. The third-order valence-electron chi connectivity index (χ3n) is 1.51. The Morgan fingerprint density at radius 1 is 1.45 bits per heavy atom. The van der Waals surface area contributed by atoms with Crippen LogP contribution in [0.3, 0.4) is 0 Å². The minimum absolute atomic E-state index is 0.535. The van der Waals surface area contributed by atoms with Gasteiger partial charge in [0, 0.05) is 5.02 Å². The number of benzene rings is 1. The van der Waals surface area contributed by atoms with Crippen molar-refractivity contribution in [2.24, 2.45) is 0 Å². The van der Waals surface area contributed by atoms with E-state index in [1.165, 1.54) is 0 Å². The maximum Gasteiger partial charge on any atom is 0.123 e. The molecular weight excluding hydrogens is 158 g/mol. The number of hydrogen-bond acceptors (Lipinski definition) is 1. The minimum Gasteiger partial charge on any atom is -0.496 e. The fraction of sp³-hybridized carbons (Fsp3) is 0.250. The maximum absolute atomic E-state index is 5.76. The summed E-state index contributed by atoms with van der Waals surface area (Å²) in [5.74, 6) is 0.768. The first-order chi connectivity index (χ1) is 5.15. The highest BCUT2D eigenvalue weighted by Gasteiger charge is 2.00. The summed E-state index contributed by atoms with van der Waals surface area (Å²) in [6.07, 6.45) is 0. The second kappa shape index (κ2) is 3.18. The van der Waals surface area contributed by atoms with E-state index in [9.17, 15) is 0 Å². The molecule has 0 bridgehead atoms. The quantitative estimate of drug-likeness (QED) is 0.574. The first-order valence-electron chi connectivity index (χ1n) is 3.24. The van der Waals surface area contributed by atoms with Crippen molar-refractivity contribution in [1.82, 2.24) is 0 Å². The maximum atomic E-state index is 5.76. The zero-order chi connectivity index (χ0) is 8.43. The topological polar surface area (TPSA) is 9.23 Å². The number of rotatable bonds is 1. The molecule has 0 spiro atoms. The van der Waals surface area contributed by atoms with Gasteiger partial charge in [-0.3, -0.25) is 0 Å². The van der Waals surface area contributed by atoms with E-state index in [-0.39, 0.29) is 0 Å². The van der Waals surface area contributed by atoms with Crippen molar-refractivity contribution < 1.29 is 4.74 Å². The van der Waals surface area contributed by atoms with Crippen LogP contribution in [0.5, 0.6) is 5.75 Å². The molecule has 0 aliphatic heterocycles. The number of ether oxygens (including phenoxy) is 1.